The van der Waals surface area contributed by atoms with Gasteiger partial charge in [-0.25, -0.2) is 0 Å². The van der Waals surface area contributed by atoms with E-state index in [4.69, 9.17) is 0 Å². The minimum Gasteiger partial charge on any atom is -0.361 e. The first-order valence-electron chi connectivity index (χ1n) is 9.09. The highest BCUT2D eigenvalue weighted by Gasteiger charge is 2.05. The average Bonchev–Trinajstić information content (AvgIpc) is 3.06. The van der Waals surface area contributed by atoms with Crippen LogP contribution in [0.15, 0.2) is 47.7 Å². The van der Waals surface area contributed by atoms with Gasteiger partial charge in [-0.1, -0.05) is 24.3 Å². The van der Waals surface area contributed by atoms with Crippen LogP contribution in [-0.4, -0.2) is 36.1 Å². The lowest BCUT2D eigenvalue weighted by atomic mass is 10.1. The predicted molar refractivity (Wildman–Crippen MR) is 109 cm³/mol. The molecule has 2 aromatic heterocycles. The van der Waals surface area contributed by atoms with Gasteiger partial charge in [0.2, 0.25) is 0 Å². The number of nitrogens with zero attached hydrogens (tertiary/aromatic N) is 2. The number of para-hydroxylation sites is 1. The molecule has 26 heavy (non-hydrogen) atoms. The molecule has 3 N–H and O–H groups in total. The number of fused-ring (bicyclic) bond motifs is 1. The zero-order chi connectivity index (χ0) is 18.4. The third-order valence-electron chi connectivity index (χ3n) is 4.60. The van der Waals surface area contributed by atoms with Gasteiger partial charge in [0.05, 0.1) is 0 Å². The summed E-state index contributed by atoms with van der Waals surface area (Å²) in [4.78, 5) is 12.0. The normalized spacial score (nSPS) is 11.7. The van der Waals surface area contributed by atoms with Gasteiger partial charge in [-0.15, -0.1) is 0 Å². The molecule has 0 spiro atoms. The maximum Gasteiger partial charge on any atom is 0.190 e. The van der Waals surface area contributed by atoms with Crippen LogP contribution in [0.1, 0.15) is 22.4 Å². The Balaban J connectivity index is 1.46. The van der Waals surface area contributed by atoms with Gasteiger partial charge in [-0.05, 0) is 49.4 Å². The van der Waals surface area contributed by atoms with Crippen molar-refractivity contribution in [3.8, 4) is 0 Å². The summed E-state index contributed by atoms with van der Waals surface area (Å²) in [5.41, 5.74) is 6.12. The largest absolute Gasteiger partial charge is 0.361 e. The van der Waals surface area contributed by atoms with Crippen LogP contribution in [0.5, 0.6) is 0 Å². The molecule has 0 amide bonds. The van der Waals surface area contributed by atoms with E-state index in [9.17, 15) is 0 Å². The van der Waals surface area contributed by atoms with Gasteiger partial charge in [-0.2, -0.15) is 0 Å². The number of benzene rings is 1. The van der Waals surface area contributed by atoms with E-state index in [1.165, 1.54) is 27.6 Å². The molecule has 0 aliphatic carbocycles. The number of aromatic amines is 1. The maximum atomic E-state index is 4.33. The summed E-state index contributed by atoms with van der Waals surface area (Å²) in [6.45, 7) is 5.81. The fourth-order valence-corrected chi connectivity index (χ4v) is 3.08. The van der Waals surface area contributed by atoms with Crippen LogP contribution in [0, 0.1) is 13.8 Å². The van der Waals surface area contributed by atoms with Gasteiger partial charge in [0.1, 0.15) is 0 Å². The Hall–Kier alpha value is -2.82. The molecule has 3 rings (SSSR count). The van der Waals surface area contributed by atoms with Gasteiger partial charge in [0.15, 0.2) is 5.96 Å². The molecule has 0 aliphatic rings. The van der Waals surface area contributed by atoms with E-state index in [0.29, 0.717) is 0 Å². The summed E-state index contributed by atoms with van der Waals surface area (Å²) in [5.74, 6) is 0.834. The first-order valence-corrected chi connectivity index (χ1v) is 9.09. The Morgan fingerprint density at radius 2 is 1.88 bits per heavy atom. The molecule has 0 saturated heterocycles. The molecule has 5 heteroatoms. The lowest BCUT2D eigenvalue weighted by Crippen LogP contribution is -2.39. The minimum absolute atomic E-state index is 0.830. The molecule has 3 aromatic rings. The van der Waals surface area contributed by atoms with Crippen molar-refractivity contribution in [1.82, 2.24) is 20.6 Å². The number of H-pyrrole nitrogens is 1. The summed E-state index contributed by atoms with van der Waals surface area (Å²) >= 11 is 0. The summed E-state index contributed by atoms with van der Waals surface area (Å²) < 4.78 is 0. The zero-order valence-electron chi connectivity index (χ0n) is 15.8. The molecule has 2 heterocycles. The fourth-order valence-electron chi connectivity index (χ4n) is 3.08. The van der Waals surface area contributed by atoms with Crippen LogP contribution in [0.3, 0.4) is 0 Å². The van der Waals surface area contributed by atoms with E-state index in [0.717, 1.165) is 37.6 Å². The number of aliphatic imine (C=N–C) groups is 1. The highest BCUT2D eigenvalue weighted by molar-refractivity contribution is 5.86. The van der Waals surface area contributed by atoms with Gasteiger partial charge in [0, 0.05) is 49.1 Å². The third-order valence-corrected chi connectivity index (χ3v) is 4.60. The highest BCUT2D eigenvalue weighted by atomic mass is 15.2. The lowest BCUT2D eigenvalue weighted by Gasteiger charge is -2.11. The second-order valence-electron chi connectivity index (χ2n) is 6.54. The van der Waals surface area contributed by atoms with E-state index >= 15 is 0 Å². The fraction of sp³-hybridized carbons (Fsp3) is 0.333. The van der Waals surface area contributed by atoms with E-state index < -0.39 is 0 Å². The first-order chi connectivity index (χ1) is 12.7. The molecule has 5 nitrogen and oxygen atoms in total. The van der Waals surface area contributed by atoms with Crippen LogP contribution in [-0.2, 0) is 12.8 Å². The minimum atomic E-state index is 0.830. The summed E-state index contributed by atoms with van der Waals surface area (Å²) in [6.07, 6.45) is 5.92. The molecule has 0 aliphatic heterocycles. The summed E-state index contributed by atoms with van der Waals surface area (Å²) in [7, 11) is 1.80. The number of guanidine groups is 1. The molecule has 1 aromatic carbocycles. The number of nitrogens with one attached hydrogen (secondary N) is 3. The van der Waals surface area contributed by atoms with Crippen LogP contribution in [0.25, 0.3) is 10.9 Å². The quantitative estimate of drug-likeness (QED) is 0.473. The van der Waals surface area contributed by atoms with Gasteiger partial charge in [-0.3, -0.25) is 9.98 Å². The van der Waals surface area contributed by atoms with Crippen molar-refractivity contribution in [1.29, 1.82) is 0 Å². The van der Waals surface area contributed by atoms with Crippen molar-refractivity contribution < 1.29 is 0 Å². The summed E-state index contributed by atoms with van der Waals surface area (Å²) in [5, 5.41) is 8.06. The molecule has 0 radical (unpaired) electrons. The molecule has 0 bridgehead atoms. The average molecular weight is 349 g/mol. The summed E-state index contributed by atoms with van der Waals surface area (Å²) in [6, 6.07) is 10.6. The van der Waals surface area contributed by atoms with Crippen molar-refractivity contribution in [3.63, 3.8) is 0 Å². The molecule has 0 unspecified atom stereocenters. The number of aromatic nitrogens is 2. The maximum absolute atomic E-state index is 4.33. The second kappa shape index (κ2) is 8.52. The van der Waals surface area contributed by atoms with Crippen LogP contribution in [0.2, 0.25) is 0 Å². The topological polar surface area (TPSA) is 65.1 Å². The molecular formula is C21H27N5. The number of aryl methyl sites for hydroxylation is 2. The Bertz CT molecular complexity index is 877. The van der Waals surface area contributed by atoms with Gasteiger partial charge in [0.25, 0.3) is 0 Å². The van der Waals surface area contributed by atoms with Crippen LogP contribution < -0.4 is 10.6 Å². The van der Waals surface area contributed by atoms with Crippen molar-refractivity contribution in [2.24, 2.45) is 4.99 Å². The van der Waals surface area contributed by atoms with Gasteiger partial charge < -0.3 is 15.6 Å². The molecule has 136 valence electrons. The van der Waals surface area contributed by atoms with Crippen molar-refractivity contribution in [3.05, 3.63) is 65.1 Å². The van der Waals surface area contributed by atoms with Crippen LogP contribution >= 0.6 is 0 Å². The van der Waals surface area contributed by atoms with E-state index in [2.05, 4.69) is 63.0 Å². The zero-order valence-corrected chi connectivity index (χ0v) is 15.8. The molecule has 0 atom stereocenters. The van der Waals surface area contributed by atoms with Crippen molar-refractivity contribution in [2.45, 2.75) is 26.7 Å². The van der Waals surface area contributed by atoms with Crippen molar-refractivity contribution >= 4 is 16.9 Å². The SMILES string of the molecule is CN=C(NCCc1ccc(C)nc1)NCCc1c[nH]c2c(C)cccc12. The Morgan fingerprint density at radius 3 is 2.62 bits per heavy atom. The Morgan fingerprint density at radius 1 is 1.08 bits per heavy atom. The second-order valence-corrected chi connectivity index (χ2v) is 6.54. The van der Waals surface area contributed by atoms with E-state index in [1.807, 2.05) is 19.2 Å². The molecular weight excluding hydrogens is 322 g/mol. The number of rotatable bonds is 6. The van der Waals surface area contributed by atoms with E-state index in [-0.39, 0.29) is 0 Å². The molecule has 0 fully saturated rings. The number of hydrogen-bond donors (Lipinski definition) is 3. The van der Waals surface area contributed by atoms with Crippen LogP contribution in [0.4, 0.5) is 0 Å². The monoisotopic (exact) mass is 349 g/mol. The molecule has 0 saturated carbocycles. The predicted octanol–water partition coefficient (Wildman–Crippen LogP) is 3.13. The standard InChI is InChI=1S/C21H27N5/c1-15-5-4-6-19-18(14-26-20(15)19)10-12-24-21(22-3)23-11-9-17-8-7-16(2)25-13-17/h4-8,13-14,26H,9-12H2,1-3H3,(H2,22,23,24). The Labute approximate surface area is 155 Å². The first kappa shape index (κ1) is 18.0. The van der Waals surface area contributed by atoms with Crippen molar-refractivity contribution in [2.75, 3.05) is 20.1 Å². The third kappa shape index (κ3) is 4.42. The number of pyridine rings is 1. The lowest BCUT2D eigenvalue weighted by molar-refractivity contribution is 0.784. The smallest absolute Gasteiger partial charge is 0.190 e. The Kier molecular flexibility index (Phi) is 5.89. The van der Waals surface area contributed by atoms with Gasteiger partial charge >= 0.3 is 0 Å². The highest BCUT2D eigenvalue weighted by Crippen LogP contribution is 2.21. The van der Waals surface area contributed by atoms with E-state index in [1.54, 1.807) is 7.05 Å². The number of hydrogen-bond acceptors (Lipinski definition) is 2.